The monoisotopic (exact) mass is 669 g/mol. The SMILES string of the molecule is c1nc2nc(Nc3ccc(N4CC[Se][Se]CC4)cc3)nc(N[C@H]3CC[Se][Se]C3)c2[nH]1. The van der Waals surface area contributed by atoms with Crippen molar-refractivity contribution in [1.29, 1.82) is 0 Å². The Labute approximate surface area is 198 Å². The molecule has 0 amide bonds. The van der Waals surface area contributed by atoms with Gasteiger partial charge in [-0.25, -0.2) is 0 Å². The number of nitrogens with one attached hydrogen (secondary N) is 3. The van der Waals surface area contributed by atoms with E-state index in [1.165, 1.54) is 46.5 Å². The summed E-state index contributed by atoms with van der Waals surface area (Å²) in [5.41, 5.74) is 3.92. The molecule has 30 heavy (non-hydrogen) atoms. The number of fused-ring (bicyclic) bond motifs is 1. The zero-order chi connectivity index (χ0) is 20.2. The van der Waals surface area contributed by atoms with Crippen molar-refractivity contribution in [2.24, 2.45) is 0 Å². The molecule has 0 bridgehead atoms. The molecule has 2 fully saturated rings. The van der Waals surface area contributed by atoms with Gasteiger partial charge in [0.1, 0.15) is 0 Å². The number of hydrogen-bond donors (Lipinski definition) is 3. The summed E-state index contributed by atoms with van der Waals surface area (Å²) in [5, 5.41) is 12.5. The van der Waals surface area contributed by atoms with E-state index >= 15 is 0 Å². The summed E-state index contributed by atoms with van der Waals surface area (Å²) in [4.78, 5) is 19.5. The maximum atomic E-state index is 4.79. The molecule has 1 atom stereocenters. The van der Waals surface area contributed by atoms with Gasteiger partial charge in [0, 0.05) is 0 Å². The Hall–Kier alpha value is -0.752. The van der Waals surface area contributed by atoms with Gasteiger partial charge in [-0.1, -0.05) is 0 Å². The van der Waals surface area contributed by atoms with E-state index in [1.54, 1.807) is 6.33 Å². The Bertz CT molecular complexity index is 967. The summed E-state index contributed by atoms with van der Waals surface area (Å²) >= 11 is 3.46. The Morgan fingerprint density at radius 2 is 1.77 bits per heavy atom. The van der Waals surface area contributed by atoms with E-state index in [0.29, 0.717) is 17.6 Å². The quantitative estimate of drug-likeness (QED) is 0.364. The van der Waals surface area contributed by atoms with Crippen LogP contribution in [0.4, 0.5) is 23.1 Å². The minimum atomic E-state index is 0.519. The number of rotatable bonds is 5. The van der Waals surface area contributed by atoms with Gasteiger partial charge in [0.15, 0.2) is 0 Å². The number of aromatic nitrogens is 4. The first-order valence-electron chi connectivity index (χ1n) is 9.94. The van der Waals surface area contributed by atoms with Gasteiger partial charge in [-0.05, 0) is 0 Å². The third-order valence-electron chi connectivity index (χ3n) is 4.99. The van der Waals surface area contributed by atoms with E-state index in [2.05, 4.69) is 54.8 Å². The van der Waals surface area contributed by atoms with Crippen LogP contribution in [0, 0.1) is 0 Å². The molecule has 2 aromatic heterocycles. The normalized spacial score (nSPS) is 20.1. The Kier molecular flexibility index (Phi) is 7.21. The molecule has 0 spiro atoms. The van der Waals surface area contributed by atoms with Gasteiger partial charge < -0.3 is 0 Å². The van der Waals surface area contributed by atoms with Crippen molar-refractivity contribution in [1.82, 2.24) is 19.9 Å². The van der Waals surface area contributed by atoms with Crippen molar-refractivity contribution in [2.45, 2.75) is 33.7 Å². The van der Waals surface area contributed by atoms with E-state index in [1.807, 2.05) is 0 Å². The van der Waals surface area contributed by atoms with Gasteiger partial charge in [-0.2, -0.15) is 0 Å². The molecule has 158 valence electrons. The zero-order valence-electron chi connectivity index (χ0n) is 16.3. The van der Waals surface area contributed by atoms with Gasteiger partial charge >= 0.3 is 200 Å². The molecule has 2 saturated heterocycles. The second-order valence-corrected chi connectivity index (χ2v) is 22.6. The fourth-order valence-corrected chi connectivity index (χ4v) is 16.6. The minimum absolute atomic E-state index is 0.519. The van der Waals surface area contributed by atoms with E-state index < -0.39 is 0 Å². The van der Waals surface area contributed by atoms with Crippen LogP contribution in [0.1, 0.15) is 6.42 Å². The van der Waals surface area contributed by atoms with Gasteiger partial charge in [0.05, 0.1) is 0 Å². The second kappa shape index (κ2) is 10.2. The number of aromatic amines is 1. The Morgan fingerprint density at radius 1 is 0.967 bits per heavy atom. The third-order valence-corrected chi connectivity index (χ3v) is 19.7. The average molecular weight is 665 g/mol. The van der Waals surface area contributed by atoms with Crippen molar-refractivity contribution >= 4 is 86.8 Å². The van der Waals surface area contributed by atoms with E-state index in [9.17, 15) is 0 Å². The summed E-state index contributed by atoms with van der Waals surface area (Å²) in [6, 6.07) is 9.21. The van der Waals surface area contributed by atoms with Crippen LogP contribution in [0.15, 0.2) is 30.6 Å². The van der Waals surface area contributed by atoms with Gasteiger partial charge in [0.25, 0.3) is 0 Å². The fraction of sp³-hybridized carbons (Fsp3) is 0.421. The molecule has 3 aromatic rings. The predicted octanol–water partition coefficient (Wildman–Crippen LogP) is 2.42. The molecule has 7 nitrogen and oxygen atoms in total. The van der Waals surface area contributed by atoms with Crippen LogP contribution in [0.2, 0.25) is 21.3 Å². The maximum absolute atomic E-state index is 4.79. The topological polar surface area (TPSA) is 81.8 Å². The number of hydrogen-bond acceptors (Lipinski definition) is 6. The number of H-pyrrole nitrogens is 1. The van der Waals surface area contributed by atoms with Crippen LogP contribution in [-0.4, -0.2) is 91.6 Å². The second-order valence-electron chi connectivity index (χ2n) is 7.04. The van der Waals surface area contributed by atoms with Crippen molar-refractivity contribution in [3.05, 3.63) is 30.6 Å². The molecular weight excluding hydrogens is 642 g/mol. The molecule has 2 aliphatic heterocycles. The van der Waals surface area contributed by atoms with E-state index in [0.717, 1.165) is 69.5 Å². The van der Waals surface area contributed by atoms with E-state index in [-0.39, 0.29) is 0 Å². The first-order valence-corrected chi connectivity index (χ1v) is 23.4. The molecule has 0 unspecified atom stereocenters. The molecule has 5 rings (SSSR count). The Morgan fingerprint density at radius 3 is 2.53 bits per heavy atom. The van der Waals surface area contributed by atoms with Crippen molar-refractivity contribution in [3.63, 3.8) is 0 Å². The molecule has 3 N–H and O–H groups in total. The summed E-state index contributed by atoms with van der Waals surface area (Å²) < 4.78 is 0. The van der Waals surface area contributed by atoms with Crippen LogP contribution < -0.4 is 15.5 Å². The summed E-state index contributed by atoms with van der Waals surface area (Å²) in [6.45, 7) is 2.40. The first kappa shape index (κ1) is 21.1. The van der Waals surface area contributed by atoms with Crippen LogP contribution in [-0.2, 0) is 0 Å². The molecule has 0 radical (unpaired) electrons. The van der Waals surface area contributed by atoms with Gasteiger partial charge in [-0.15, -0.1) is 0 Å². The summed E-state index contributed by atoms with van der Waals surface area (Å²) in [6.07, 6.45) is 2.94. The zero-order valence-corrected chi connectivity index (χ0v) is 23.2. The molecule has 0 saturated carbocycles. The molecule has 2 aliphatic rings. The van der Waals surface area contributed by atoms with Crippen LogP contribution in [0.3, 0.4) is 0 Å². The Balaban J connectivity index is 1.33. The fourth-order valence-electron chi connectivity index (χ4n) is 3.43. The van der Waals surface area contributed by atoms with Crippen LogP contribution in [0.5, 0.6) is 0 Å². The molecule has 1 aromatic carbocycles. The number of imidazole rings is 1. The number of benzene rings is 1. The molecule has 4 heterocycles. The molecule has 11 heteroatoms. The van der Waals surface area contributed by atoms with Crippen molar-refractivity contribution < 1.29 is 0 Å². The third kappa shape index (κ3) is 5.17. The van der Waals surface area contributed by atoms with Crippen LogP contribution in [0.25, 0.3) is 11.2 Å². The van der Waals surface area contributed by atoms with E-state index in [4.69, 9.17) is 4.98 Å². The molecular formula is C19H23N7Se4. The summed E-state index contributed by atoms with van der Waals surface area (Å²) in [5.74, 6) is 1.45. The van der Waals surface area contributed by atoms with Gasteiger partial charge in [-0.3, -0.25) is 0 Å². The van der Waals surface area contributed by atoms with Crippen molar-refractivity contribution in [2.75, 3.05) is 28.6 Å². The van der Waals surface area contributed by atoms with Gasteiger partial charge in [0.2, 0.25) is 0 Å². The number of nitrogens with zero attached hydrogens (tertiary/aromatic N) is 4. The summed E-state index contributed by atoms with van der Waals surface area (Å²) in [7, 11) is 0. The number of anilines is 4. The van der Waals surface area contributed by atoms with Crippen LogP contribution >= 0.6 is 0 Å². The predicted molar refractivity (Wildman–Crippen MR) is 128 cm³/mol. The molecule has 0 aliphatic carbocycles. The van der Waals surface area contributed by atoms with Crippen molar-refractivity contribution in [3.8, 4) is 0 Å². The standard InChI is InChI=1S/C19H23N7Se4/c1-3-15(26-6-9-28-29-10-7-26)4-2-13(1)23-19-24-17-16(20-12-21-17)18(25-19)22-14-5-8-27-30-11-14/h1-4,12,14H,5-11H2,(H3,20,21,22,23,24,25)/t14-/m0/s1. The first-order chi connectivity index (χ1) is 14.8. The average Bonchev–Trinajstić information content (AvgIpc) is 3.08.